The highest BCUT2D eigenvalue weighted by Gasteiger charge is 2.16. The van der Waals surface area contributed by atoms with E-state index in [4.69, 9.17) is 4.74 Å². The van der Waals surface area contributed by atoms with Gasteiger partial charge >= 0.3 is 0 Å². The van der Waals surface area contributed by atoms with Crippen LogP contribution < -0.4 is 4.90 Å². The Morgan fingerprint density at radius 2 is 2.29 bits per heavy atom. The standard InChI is InChI=1S/C16H20FN3O/c1-20(9-3-5-12-6-4-10-21-12)16-15-13(17)7-2-8-14(15)18-11-19-16/h2,7-8,11-12H,3-6,9-10H2,1H3/t12-/m1/s1. The highest BCUT2D eigenvalue weighted by atomic mass is 19.1. The maximum absolute atomic E-state index is 14.0. The van der Waals surface area contributed by atoms with Gasteiger partial charge in [0.05, 0.1) is 17.0 Å². The van der Waals surface area contributed by atoms with E-state index in [0.29, 0.717) is 22.8 Å². The predicted molar refractivity (Wildman–Crippen MR) is 81.0 cm³/mol. The van der Waals surface area contributed by atoms with Crippen molar-refractivity contribution in [3.05, 3.63) is 30.3 Å². The third-order valence-electron chi connectivity index (χ3n) is 4.00. The largest absolute Gasteiger partial charge is 0.378 e. The van der Waals surface area contributed by atoms with Gasteiger partial charge in [0.15, 0.2) is 0 Å². The van der Waals surface area contributed by atoms with Gasteiger partial charge in [-0.3, -0.25) is 0 Å². The van der Waals surface area contributed by atoms with Gasteiger partial charge in [-0.15, -0.1) is 0 Å². The minimum atomic E-state index is -0.269. The molecule has 1 saturated heterocycles. The van der Waals surface area contributed by atoms with E-state index < -0.39 is 0 Å². The van der Waals surface area contributed by atoms with E-state index in [1.807, 2.05) is 18.0 Å². The molecule has 1 atom stereocenters. The molecule has 0 bridgehead atoms. The SMILES string of the molecule is CN(CCC[C@@H]1CCCO1)c1ncnc2cccc(F)c12. The van der Waals surface area contributed by atoms with Crippen molar-refractivity contribution in [3.63, 3.8) is 0 Å². The Labute approximate surface area is 124 Å². The van der Waals surface area contributed by atoms with E-state index in [9.17, 15) is 4.39 Å². The van der Waals surface area contributed by atoms with Crippen LogP contribution in [0.3, 0.4) is 0 Å². The van der Waals surface area contributed by atoms with Gasteiger partial charge in [-0.1, -0.05) is 6.07 Å². The average molecular weight is 289 g/mol. The molecular formula is C16H20FN3O. The van der Waals surface area contributed by atoms with Crippen LogP contribution in [0.5, 0.6) is 0 Å². The number of ether oxygens (including phenoxy) is 1. The number of benzene rings is 1. The van der Waals surface area contributed by atoms with Crippen molar-refractivity contribution in [1.29, 1.82) is 0 Å². The van der Waals surface area contributed by atoms with Gasteiger partial charge in [-0.05, 0) is 37.8 Å². The van der Waals surface area contributed by atoms with Crippen LogP contribution in [0.25, 0.3) is 10.9 Å². The molecule has 0 spiro atoms. The molecule has 4 nitrogen and oxygen atoms in total. The average Bonchev–Trinajstić information content (AvgIpc) is 3.00. The van der Waals surface area contributed by atoms with Crippen molar-refractivity contribution in [2.24, 2.45) is 0 Å². The summed E-state index contributed by atoms with van der Waals surface area (Å²) in [5, 5.41) is 0.500. The molecule has 0 N–H and O–H groups in total. The molecular weight excluding hydrogens is 269 g/mol. The highest BCUT2D eigenvalue weighted by Crippen LogP contribution is 2.25. The summed E-state index contributed by atoms with van der Waals surface area (Å²) in [4.78, 5) is 10.4. The maximum Gasteiger partial charge on any atom is 0.142 e. The van der Waals surface area contributed by atoms with Crippen LogP contribution in [-0.2, 0) is 4.74 Å². The fourth-order valence-corrected chi connectivity index (χ4v) is 2.88. The lowest BCUT2D eigenvalue weighted by atomic mass is 10.1. The molecule has 21 heavy (non-hydrogen) atoms. The minimum Gasteiger partial charge on any atom is -0.378 e. The number of anilines is 1. The van der Waals surface area contributed by atoms with E-state index in [-0.39, 0.29) is 5.82 Å². The second-order valence-electron chi connectivity index (χ2n) is 5.53. The van der Waals surface area contributed by atoms with Gasteiger partial charge in [-0.25, -0.2) is 14.4 Å². The Morgan fingerprint density at radius 3 is 3.10 bits per heavy atom. The van der Waals surface area contributed by atoms with E-state index in [0.717, 1.165) is 32.4 Å². The van der Waals surface area contributed by atoms with E-state index >= 15 is 0 Å². The Morgan fingerprint density at radius 1 is 1.38 bits per heavy atom. The molecule has 2 aromatic rings. The van der Waals surface area contributed by atoms with Crippen LogP contribution in [0.4, 0.5) is 10.2 Å². The topological polar surface area (TPSA) is 38.2 Å². The molecule has 112 valence electrons. The first-order valence-electron chi connectivity index (χ1n) is 7.47. The molecule has 0 saturated carbocycles. The summed E-state index contributed by atoms with van der Waals surface area (Å²) in [5.74, 6) is 0.388. The zero-order chi connectivity index (χ0) is 14.7. The summed E-state index contributed by atoms with van der Waals surface area (Å²) in [5.41, 5.74) is 0.644. The number of fused-ring (bicyclic) bond motifs is 1. The van der Waals surface area contributed by atoms with Crippen LogP contribution in [0.15, 0.2) is 24.5 Å². The Hall–Kier alpha value is -1.75. The van der Waals surface area contributed by atoms with Gasteiger partial charge < -0.3 is 9.64 Å². The molecule has 0 amide bonds. The predicted octanol–water partition coefficient (Wildman–Crippen LogP) is 3.16. The Balaban J connectivity index is 1.70. The van der Waals surface area contributed by atoms with Crippen molar-refractivity contribution in [2.75, 3.05) is 25.1 Å². The number of nitrogens with zero attached hydrogens (tertiary/aromatic N) is 3. The molecule has 1 aromatic heterocycles. The van der Waals surface area contributed by atoms with Gasteiger partial charge in [0.2, 0.25) is 0 Å². The van der Waals surface area contributed by atoms with Crippen molar-refractivity contribution in [1.82, 2.24) is 9.97 Å². The molecule has 2 heterocycles. The molecule has 1 aliphatic heterocycles. The molecule has 1 aromatic carbocycles. The third kappa shape index (κ3) is 3.13. The molecule has 1 aliphatic rings. The Kier molecular flexibility index (Phi) is 4.29. The first-order valence-corrected chi connectivity index (χ1v) is 7.47. The van der Waals surface area contributed by atoms with Crippen molar-refractivity contribution in [2.45, 2.75) is 31.8 Å². The molecule has 3 rings (SSSR count). The number of hydrogen-bond donors (Lipinski definition) is 0. The van der Waals surface area contributed by atoms with Crippen LogP contribution in [-0.4, -0.2) is 36.3 Å². The van der Waals surface area contributed by atoms with E-state index in [1.165, 1.54) is 18.8 Å². The first kappa shape index (κ1) is 14.2. The zero-order valence-electron chi connectivity index (χ0n) is 12.3. The second-order valence-corrected chi connectivity index (χ2v) is 5.53. The lowest BCUT2D eigenvalue weighted by molar-refractivity contribution is 0.103. The van der Waals surface area contributed by atoms with Crippen molar-refractivity contribution >= 4 is 16.7 Å². The second kappa shape index (κ2) is 6.35. The summed E-state index contributed by atoms with van der Waals surface area (Å²) in [6.45, 7) is 1.72. The summed E-state index contributed by atoms with van der Waals surface area (Å²) >= 11 is 0. The summed E-state index contributed by atoms with van der Waals surface area (Å²) in [6, 6.07) is 4.94. The lowest BCUT2D eigenvalue weighted by Gasteiger charge is -2.20. The lowest BCUT2D eigenvalue weighted by Crippen LogP contribution is -2.21. The van der Waals surface area contributed by atoms with Crippen LogP contribution in [0.1, 0.15) is 25.7 Å². The zero-order valence-corrected chi connectivity index (χ0v) is 12.3. The van der Waals surface area contributed by atoms with Gasteiger partial charge in [0, 0.05) is 20.2 Å². The quantitative estimate of drug-likeness (QED) is 0.847. The summed E-state index contributed by atoms with van der Waals surface area (Å²) in [7, 11) is 1.95. The molecule has 1 fully saturated rings. The van der Waals surface area contributed by atoms with Crippen LogP contribution in [0, 0.1) is 5.82 Å². The summed E-state index contributed by atoms with van der Waals surface area (Å²) < 4.78 is 19.7. The van der Waals surface area contributed by atoms with Crippen LogP contribution >= 0.6 is 0 Å². The molecule has 0 aliphatic carbocycles. The van der Waals surface area contributed by atoms with Crippen molar-refractivity contribution in [3.8, 4) is 0 Å². The molecule has 5 heteroatoms. The number of aromatic nitrogens is 2. The number of rotatable bonds is 5. The Bertz CT molecular complexity index is 608. The van der Waals surface area contributed by atoms with E-state index in [2.05, 4.69) is 9.97 Å². The minimum absolute atomic E-state index is 0.269. The number of halogens is 1. The van der Waals surface area contributed by atoms with Gasteiger partial charge in [-0.2, -0.15) is 0 Å². The fourth-order valence-electron chi connectivity index (χ4n) is 2.88. The molecule has 0 radical (unpaired) electrons. The first-order chi connectivity index (χ1) is 10.3. The normalized spacial score (nSPS) is 18.3. The third-order valence-corrected chi connectivity index (χ3v) is 4.00. The van der Waals surface area contributed by atoms with Crippen LogP contribution in [0.2, 0.25) is 0 Å². The highest BCUT2D eigenvalue weighted by molar-refractivity contribution is 5.89. The fraction of sp³-hybridized carbons (Fsp3) is 0.500. The maximum atomic E-state index is 14.0. The van der Waals surface area contributed by atoms with Gasteiger partial charge in [0.25, 0.3) is 0 Å². The smallest absolute Gasteiger partial charge is 0.142 e. The van der Waals surface area contributed by atoms with Gasteiger partial charge in [0.1, 0.15) is 18.0 Å². The number of hydrogen-bond acceptors (Lipinski definition) is 4. The van der Waals surface area contributed by atoms with Crippen molar-refractivity contribution < 1.29 is 9.13 Å². The molecule has 0 unspecified atom stereocenters. The van der Waals surface area contributed by atoms with E-state index in [1.54, 1.807) is 6.07 Å². The summed E-state index contributed by atoms with van der Waals surface area (Å²) in [6.07, 6.45) is 6.29. The monoisotopic (exact) mass is 289 g/mol.